The number of aromatic nitrogens is 1. The number of rotatable bonds is 6. The van der Waals surface area contributed by atoms with E-state index in [0.29, 0.717) is 13.1 Å². The first-order valence-electron chi connectivity index (χ1n) is 12.9. The quantitative estimate of drug-likeness (QED) is 0.542. The van der Waals surface area contributed by atoms with E-state index in [1.807, 2.05) is 42.3 Å². The number of benzene rings is 2. The van der Waals surface area contributed by atoms with Gasteiger partial charge in [0.1, 0.15) is 12.7 Å². The van der Waals surface area contributed by atoms with Crippen molar-refractivity contribution in [1.82, 2.24) is 19.7 Å². The Morgan fingerprint density at radius 1 is 1.06 bits per heavy atom. The molecule has 2 amide bonds. The first-order valence-corrected chi connectivity index (χ1v) is 12.9. The number of nitrogens with zero attached hydrogens (tertiary/aromatic N) is 4. The number of carbonyl (C=O) groups excluding carboxylic acids is 2. The van der Waals surface area contributed by atoms with Gasteiger partial charge in [-0.1, -0.05) is 30.3 Å². The number of amides is 2. The highest BCUT2D eigenvalue weighted by atomic mass is 16.5. The summed E-state index contributed by atoms with van der Waals surface area (Å²) in [6, 6.07) is 16.1. The van der Waals surface area contributed by atoms with Gasteiger partial charge < -0.3 is 24.4 Å². The van der Waals surface area contributed by atoms with Gasteiger partial charge in [-0.3, -0.25) is 14.5 Å². The van der Waals surface area contributed by atoms with Gasteiger partial charge in [-0.25, -0.2) is 0 Å². The molecule has 1 fully saturated rings. The van der Waals surface area contributed by atoms with E-state index in [0.717, 1.165) is 68.2 Å². The SMILES string of the molecule is CN1c2ccccc2C(=O)N2CCc3c(n(CC(=O)NCCCN4CCOCC4)c4ccccc34)[C@@H]21. The average Bonchev–Trinajstić information content (AvgIpc) is 3.23. The Bertz CT molecular complexity index is 1300. The summed E-state index contributed by atoms with van der Waals surface area (Å²) in [5.74, 6) is 0.0616. The highest BCUT2D eigenvalue weighted by molar-refractivity contribution is 6.02. The van der Waals surface area contributed by atoms with Crippen LogP contribution in [0.25, 0.3) is 10.9 Å². The largest absolute Gasteiger partial charge is 0.379 e. The molecule has 2 aromatic carbocycles. The van der Waals surface area contributed by atoms with Gasteiger partial charge >= 0.3 is 0 Å². The lowest BCUT2D eigenvalue weighted by Crippen LogP contribution is -2.51. The summed E-state index contributed by atoms with van der Waals surface area (Å²) in [5.41, 5.74) is 5.01. The minimum Gasteiger partial charge on any atom is -0.379 e. The van der Waals surface area contributed by atoms with Crippen molar-refractivity contribution < 1.29 is 14.3 Å². The van der Waals surface area contributed by atoms with Crippen LogP contribution in [0.5, 0.6) is 0 Å². The molecule has 1 N–H and O–H groups in total. The van der Waals surface area contributed by atoms with Gasteiger partial charge in [-0.05, 0) is 43.1 Å². The van der Waals surface area contributed by atoms with E-state index in [2.05, 4.69) is 37.9 Å². The summed E-state index contributed by atoms with van der Waals surface area (Å²) in [6.45, 7) is 6.02. The number of nitrogens with one attached hydrogen (secondary N) is 1. The Labute approximate surface area is 211 Å². The number of anilines is 1. The zero-order valence-corrected chi connectivity index (χ0v) is 20.8. The summed E-state index contributed by atoms with van der Waals surface area (Å²) >= 11 is 0. The lowest BCUT2D eigenvalue weighted by atomic mass is 9.96. The average molecular weight is 488 g/mol. The molecule has 0 unspecified atom stereocenters. The summed E-state index contributed by atoms with van der Waals surface area (Å²) < 4.78 is 7.55. The predicted molar refractivity (Wildman–Crippen MR) is 139 cm³/mol. The normalized spacial score (nSPS) is 19.7. The van der Waals surface area contributed by atoms with Crippen LogP contribution in [-0.2, 0) is 22.5 Å². The lowest BCUT2D eigenvalue weighted by molar-refractivity contribution is -0.121. The van der Waals surface area contributed by atoms with Gasteiger partial charge in [-0.15, -0.1) is 0 Å². The molecule has 0 aliphatic carbocycles. The van der Waals surface area contributed by atoms with Crippen LogP contribution in [-0.4, -0.2) is 79.2 Å². The second kappa shape index (κ2) is 9.59. The van der Waals surface area contributed by atoms with Crippen molar-refractivity contribution in [3.8, 4) is 0 Å². The van der Waals surface area contributed by atoms with E-state index in [-0.39, 0.29) is 24.5 Å². The molecule has 8 heteroatoms. The van der Waals surface area contributed by atoms with Crippen LogP contribution in [0.2, 0.25) is 0 Å². The highest BCUT2D eigenvalue weighted by Gasteiger charge is 2.42. The summed E-state index contributed by atoms with van der Waals surface area (Å²) in [4.78, 5) is 33.1. The third-order valence-electron chi connectivity index (χ3n) is 7.78. The Balaban J connectivity index is 1.27. The molecule has 1 saturated heterocycles. The van der Waals surface area contributed by atoms with Crippen LogP contribution in [0.1, 0.15) is 34.2 Å². The number of ether oxygens (including phenoxy) is 1. The van der Waals surface area contributed by atoms with Crippen LogP contribution in [0.15, 0.2) is 48.5 Å². The maximum absolute atomic E-state index is 13.5. The Hall–Kier alpha value is -3.36. The molecule has 1 atom stereocenters. The first-order chi connectivity index (χ1) is 17.6. The number of morpholine rings is 1. The van der Waals surface area contributed by atoms with Crippen LogP contribution in [0, 0.1) is 0 Å². The Morgan fingerprint density at radius 3 is 2.69 bits per heavy atom. The molecule has 0 bridgehead atoms. The number of carbonyl (C=O) groups is 2. The second-order valence-electron chi connectivity index (χ2n) is 9.87. The smallest absolute Gasteiger partial charge is 0.257 e. The fourth-order valence-corrected chi connectivity index (χ4v) is 6.03. The predicted octanol–water partition coefficient (Wildman–Crippen LogP) is 2.63. The maximum atomic E-state index is 13.5. The van der Waals surface area contributed by atoms with E-state index in [9.17, 15) is 9.59 Å². The van der Waals surface area contributed by atoms with Crippen molar-refractivity contribution in [2.45, 2.75) is 25.6 Å². The fourth-order valence-electron chi connectivity index (χ4n) is 6.03. The van der Waals surface area contributed by atoms with E-state index < -0.39 is 0 Å². The maximum Gasteiger partial charge on any atom is 0.257 e. The summed E-state index contributed by atoms with van der Waals surface area (Å²) in [7, 11) is 2.05. The standard InChI is InChI=1S/C28H33N5O3/c1-30-23-9-4-3-8-22(23)28(35)32-14-11-21-20-7-2-5-10-24(20)33(26(21)27(30)32)19-25(34)29-12-6-13-31-15-17-36-18-16-31/h2-5,7-10,27H,6,11-19H2,1H3,(H,29,34)/t27-/m1/s1. The van der Waals surface area contributed by atoms with Gasteiger partial charge in [0.25, 0.3) is 5.91 Å². The number of fused-ring (bicyclic) bond motifs is 6. The van der Waals surface area contributed by atoms with Crippen LogP contribution < -0.4 is 10.2 Å². The number of hydrogen-bond acceptors (Lipinski definition) is 5. The van der Waals surface area contributed by atoms with Crippen molar-refractivity contribution in [2.75, 3.05) is 57.9 Å². The molecule has 1 aromatic heterocycles. The van der Waals surface area contributed by atoms with Gasteiger partial charge in [0, 0.05) is 44.1 Å². The minimum atomic E-state index is -0.238. The second-order valence-corrected chi connectivity index (χ2v) is 9.87. The number of hydrogen-bond donors (Lipinski definition) is 1. The molecule has 3 aliphatic rings. The van der Waals surface area contributed by atoms with Gasteiger partial charge in [0.2, 0.25) is 5.91 Å². The monoisotopic (exact) mass is 487 g/mol. The Kier molecular flexibility index (Phi) is 6.15. The molecule has 4 heterocycles. The van der Waals surface area contributed by atoms with Crippen molar-refractivity contribution >= 4 is 28.4 Å². The molecule has 6 rings (SSSR count). The molecule has 3 aromatic rings. The van der Waals surface area contributed by atoms with E-state index in [1.54, 1.807) is 0 Å². The van der Waals surface area contributed by atoms with E-state index >= 15 is 0 Å². The fraction of sp³-hybridized carbons (Fsp3) is 0.429. The zero-order chi connectivity index (χ0) is 24.6. The summed E-state index contributed by atoms with van der Waals surface area (Å²) in [6.07, 6.45) is 1.46. The highest BCUT2D eigenvalue weighted by Crippen LogP contribution is 2.44. The molecule has 8 nitrogen and oxygen atoms in total. The van der Waals surface area contributed by atoms with Crippen molar-refractivity contribution in [2.24, 2.45) is 0 Å². The topological polar surface area (TPSA) is 70.1 Å². The zero-order valence-electron chi connectivity index (χ0n) is 20.8. The lowest BCUT2D eigenvalue weighted by Gasteiger charge is -2.46. The molecule has 0 radical (unpaired) electrons. The summed E-state index contributed by atoms with van der Waals surface area (Å²) in [5, 5.41) is 4.30. The van der Waals surface area contributed by atoms with Crippen LogP contribution in [0.3, 0.4) is 0 Å². The van der Waals surface area contributed by atoms with Gasteiger partial charge in [0.15, 0.2) is 0 Å². The van der Waals surface area contributed by atoms with Crippen molar-refractivity contribution in [3.63, 3.8) is 0 Å². The van der Waals surface area contributed by atoms with Crippen molar-refractivity contribution in [3.05, 3.63) is 65.4 Å². The molecular weight excluding hydrogens is 454 g/mol. The number of para-hydroxylation sites is 2. The molecule has 3 aliphatic heterocycles. The van der Waals surface area contributed by atoms with Crippen molar-refractivity contribution in [1.29, 1.82) is 0 Å². The third kappa shape index (κ3) is 3.94. The van der Waals surface area contributed by atoms with Gasteiger partial charge in [0.05, 0.1) is 30.2 Å². The first kappa shape index (κ1) is 23.1. The van der Waals surface area contributed by atoms with E-state index in [4.69, 9.17) is 4.74 Å². The molecule has 36 heavy (non-hydrogen) atoms. The minimum absolute atomic E-state index is 0.00263. The molecule has 0 saturated carbocycles. The third-order valence-corrected chi connectivity index (χ3v) is 7.78. The molecule has 188 valence electrons. The van der Waals surface area contributed by atoms with E-state index in [1.165, 1.54) is 10.9 Å². The van der Waals surface area contributed by atoms with Gasteiger partial charge in [-0.2, -0.15) is 0 Å². The van der Waals surface area contributed by atoms with Crippen LogP contribution >= 0.6 is 0 Å². The Morgan fingerprint density at radius 2 is 1.83 bits per heavy atom. The molecule has 0 spiro atoms. The molecular formula is C28H33N5O3. The van der Waals surface area contributed by atoms with Crippen LogP contribution in [0.4, 0.5) is 5.69 Å².